The molecule has 74 valence electrons. The van der Waals surface area contributed by atoms with E-state index in [1.54, 1.807) is 12.4 Å². The number of hydrogen-bond acceptors (Lipinski definition) is 2. The molecule has 2 aromatic rings. The lowest BCUT2D eigenvalue weighted by Crippen LogP contribution is -2.01. The summed E-state index contributed by atoms with van der Waals surface area (Å²) in [5.74, 6) is 0.319. The van der Waals surface area contributed by atoms with Crippen LogP contribution >= 0.6 is 15.9 Å². The average molecular weight is 262 g/mol. The molecule has 4 heteroatoms. The van der Waals surface area contributed by atoms with E-state index in [1.807, 2.05) is 24.3 Å². The molecule has 0 saturated carbocycles. The zero-order chi connectivity index (χ0) is 10.7. The first-order valence-corrected chi connectivity index (χ1v) is 5.25. The van der Waals surface area contributed by atoms with Gasteiger partial charge in [-0.2, -0.15) is 5.26 Å². The third kappa shape index (κ3) is 1.92. The van der Waals surface area contributed by atoms with Crippen molar-refractivity contribution in [1.82, 2.24) is 9.97 Å². The van der Waals surface area contributed by atoms with Gasteiger partial charge in [0.15, 0.2) is 0 Å². The van der Waals surface area contributed by atoms with Crippen LogP contribution in [0.2, 0.25) is 0 Å². The maximum absolute atomic E-state index is 9.14. The number of imidazole rings is 1. The summed E-state index contributed by atoms with van der Waals surface area (Å²) in [5.41, 5.74) is 0.926. The summed E-state index contributed by atoms with van der Waals surface area (Å²) in [5, 5.41) is 9.14. The van der Waals surface area contributed by atoms with Crippen LogP contribution in [0.5, 0.6) is 0 Å². The van der Waals surface area contributed by atoms with Crippen LogP contribution in [0.25, 0.3) is 0 Å². The summed E-state index contributed by atoms with van der Waals surface area (Å²) in [6.45, 7) is 0. The van der Waals surface area contributed by atoms with Crippen molar-refractivity contribution in [2.75, 3.05) is 0 Å². The molecule has 0 aliphatic rings. The van der Waals surface area contributed by atoms with Crippen molar-refractivity contribution in [3.63, 3.8) is 0 Å². The van der Waals surface area contributed by atoms with Crippen LogP contribution in [0.1, 0.15) is 17.3 Å². The minimum absolute atomic E-state index is 0.351. The van der Waals surface area contributed by atoms with Crippen molar-refractivity contribution in [1.29, 1.82) is 5.26 Å². The number of H-pyrrole nitrogens is 1. The quantitative estimate of drug-likeness (QED) is 0.904. The van der Waals surface area contributed by atoms with E-state index in [9.17, 15) is 0 Å². The molecule has 15 heavy (non-hydrogen) atoms. The van der Waals surface area contributed by atoms with E-state index in [1.165, 1.54) is 0 Å². The zero-order valence-corrected chi connectivity index (χ0v) is 9.40. The van der Waals surface area contributed by atoms with Crippen molar-refractivity contribution >= 4 is 15.9 Å². The topological polar surface area (TPSA) is 52.5 Å². The second kappa shape index (κ2) is 4.28. The molecule has 0 spiro atoms. The highest BCUT2D eigenvalue weighted by atomic mass is 79.9. The molecule has 1 atom stereocenters. The van der Waals surface area contributed by atoms with Gasteiger partial charge in [-0.3, -0.25) is 0 Å². The second-order valence-electron chi connectivity index (χ2n) is 3.06. The van der Waals surface area contributed by atoms with E-state index in [0.717, 1.165) is 10.0 Å². The van der Waals surface area contributed by atoms with Crippen LogP contribution in [0, 0.1) is 11.3 Å². The number of hydrogen-bond donors (Lipinski definition) is 1. The molecule has 0 fully saturated rings. The molecule has 0 aliphatic heterocycles. The highest BCUT2D eigenvalue weighted by molar-refractivity contribution is 9.10. The lowest BCUT2D eigenvalue weighted by molar-refractivity contribution is 0.922. The largest absolute Gasteiger partial charge is 0.347 e. The van der Waals surface area contributed by atoms with E-state index < -0.39 is 0 Å². The molecule has 0 saturated heterocycles. The number of aromatic nitrogens is 2. The fraction of sp³-hybridized carbons (Fsp3) is 0.0909. The first-order valence-electron chi connectivity index (χ1n) is 4.46. The molecule has 2 rings (SSSR count). The van der Waals surface area contributed by atoms with Crippen molar-refractivity contribution in [3.8, 4) is 6.07 Å². The number of halogens is 1. The molecular formula is C11H8BrN3. The smallest absolute Gasteiger partial charge is 0.130 e. The first-order chi connectivity index (χ1) is 7.33. The average Bonchev–Trinajstić information content (AvgIpc) is 2.75. The van der Waals surface area contributed by atoms with Gasteiger partial charge in [0.2, 0.25) is 0 Å². The zero-order valence-electron chi connectivity index (χ0n) is 7.81. The van der Waals surface area contributed by atoms with E-state index in [-0.39, 0.29) is 5.92 Å². The lowest BCUT2D eigenvalue weighted by Gasteiger charge is -2.08. The first kappa shape index (κ1) is 9.94. The Morgan fingerprint density at radius 1 is 1.40 bits per heavy atom. The number of aromatic amines is 1. The fourth-order valence-corrected chi connectivity index (χ4v) is 1.94. The number of nitriles is 1. The van der Waals surface area contributed by atoms with Crippen molar-refractivity contribution in [3.05, 3.63) is 52.5 Å². The Labute approximate surface area is 95.9 Å². The number of nitrogens with one attached hydrogen (secondary N) is 1. The maximum Gasteiger partial charge on any atom is 0.130 e. The third-order valence-corrected chi connectivity index (χ3v) is 2.86. The molecule has 1 aromatic carbocycles. The monoisotopic (exact) mass is 261 g/mol. The van der Waals surface area contributed by atoms with Crippen LogP contribution in [0.3, 0.4) is 0 Å². The summed E-state index contributed by atoms with van der Waals surface area (Å²) < 4.78 is 0.924. The second-order valence-corrected chi connectivity index (χ2v) is 3.91. The van der Waals surface area contributed by atoms with Crippen molar-refractivity contribution in [2.24, 2.45) is 0 Å². The van der Waals surface area contributed by atoms with Gasteiger partial charge in [0.05, 0.1) is 6.07 Å². The number of rotatable bonds is 2. The molecule has 0 amide bonds. The van der Waals surface area contributed by atoms with Gasteiger partial charge < -0.3 is 4.98 Å². The molecule has 1 unspecified atom stereocenters. The minimum Gasteiger partial charge on any atom is -0.347 e. The Hall–Kier alpha value is -1.60. The van der Waals surface area contributed by atoms with Crippen LogP contribution < -0.4 is 0 Å². The van der Waals surface area contributed by atoms with Crippen molar-refractivity contribution < 1.29 is 0 Å². The highest BCUT2D eigenvalue weighted by Crippen LogP contribution is 2.27. The summed E-state index contributed by atoms with van der Waals surface area (Å²) in [4.78, 5) is 7.07. The van der Waals surface area contributed by atoms with Gasteiger partial charge in [-0.1, -0.05) is 34.1 Å². The summed E-state index contributed by atoms with van der Waals surface area (Å²) in [7, 11) is 0. The maximum atomic E-state index is 9.14. The van der Waals surface area contributed by atoms with Crippen LogP contribution in [-0.4, -0.2) is 9.97 Å². The standard InChI is InChI=1S/C11H8BrN3/c12-10-4-2-1-3-8(10)9(7-13)11-14-5-6-15-11/h1-6,9H,(H,14,15). The Morgan fingerprint density at radius 3 is 2.80 bits per heavy atom. The fourth-order valence-electron chi connectivity index (χ4n) is 1.42. The molecular weight excluding hydrogens is 254 g/mol. The van der Waals surface area contributed by atoms with Gasteiger partial charge in [-0.15, -0.1) is 0 Å². The summed E-state index contributed by atoms with van der Waals surface area (Å²) >= 11 is 3.43. The Morgan fingerprint density at radius 2 is 2.20 bits per heavy atom. The van der Waals surface area contributed by atoms with Crippen LogP contribution in [-0.2, 0) is 0 Å². The van der Waals surface area contributed by atoms with E-state index in [2.05, 4.69) is 32.0 Å². The third-order valence-electron chi connectivity index (χ3n) is 2.14. The van der Waals surface area contributed by atoms with Gasteiger partial charge >= 0.3 is 0 Å². The van der Waals surface area contributed by atoms with Crippen molar-refractivity contribution in [2.45, 2.75) is 5.92 Å². The minimum atomic E-state index is -0.351. The van der Waals surface area contributed by atoms with Gasteiger partial charge in [0.1, 0.15) is 11.7 Å². The molecule has 3 nitrogen and oxygen atoms in total. The molecule has 0 radical (unpaired) electrons. The highest BCUT2D eigenvalue weighted by Gasteiger charge is 2.17. The van der Waals surface area contributed by atoms with Gasteiger partial charge in [0.25, 0.3) is 0 Å². The lowest BCUT2D eigenvalue weighted by atomic mass is 10.0. The molecule has 1 N–H and O–H groups in total. The Kier molecular flexibility index (Phi) is 2.84. The van der Waals surface area contributed by atoms with Crippen LogP contribution in [0.4, 0.5) is 0 Å². The van der Waals surface area contributed by atoms with Gasteiger partial charge in [0, 0.05) is 16.9 Å². The molecule has 0 aliphatic carbocycles. The molecule has 1 heterocycles. The van der Waals surface area contributed by atoms with Crippen LogP contribution in [0.15, 0.2) is 41.1 Å². The Balaban J connectivity index is 2.46. The predicted octanol–water partition coefficient (Wildman–Crippen LogP) is 2.83. The number of nitrogens with zero attached hydrogens (tertiary/aromatic N) is 2. The van der Waals surface area contributed by atoms with E-state index in [4.69, 9.17) is 5.26 Å². The summed E-state index contributed by atoms with van der Waals surface area (Å²) in [6.07, 6.45) is 3.37. The molecule has 1 aromatic heterocycles. The summed E-state index contributed by atoms with van der Waals surface area (Å²) in [6, 6.07) is 9.91. The van der Waals surface area contributed by atoms with E-state index >= 15 is 0 Å². The SMILES string of the molecule is N#CC(c1ncc[nH]1)c1ccccc1Br. The van der Waals surface area contributed by atoms with E-state index in [0.29, 0.717) is 5.82 Å². The predicted molar refractivity (Wildman–Crippen MR) is 60.2 cm³/mol. The van der Waals surface area contributed by atoms with Gasteiger partial charge in [-0.25, -0.2) is 4.98 Å². The molecule has 0 bridgehead atoms. The number of benzene rings is 1. The normalized spacial score (nSPS) is 12.0. The van der Waals surface area contributed by atoms with Gasteiger partial charge in [-0.05, 0) is 11.6 Å². The Bertz CT molecular complexity index is 485.